The van der Waals surface area contributed by atoms with E-state index in [4.69, 9.17) is 4.74 Å². The number of hydrogen-bond donors (Lipinski definition) is 1. The van der Waals surface area contributed by atoms with Gasteiger partial charge >= 0.3 is 0 Å². The summed E-state index contributed by atoms with van der Waals surface area (Å²) in [6.45, 7) is 2.15. The summed E-state index contributed by atoms with van der Waals surface area (Å²) in [5, 5.41) is 3.53. The van der Waals surface area contributed by atoms with Crippen molar-refractivity contribution in [2.45, 2.75) is 18.3 Å². The number of benzene rings is 2. The van der Waals surface area contributed by atoms with Crippen LogP contribution in [0.1, 0.15) is 29.4 Å². The minimum Gasteiger partial charge on any atom is -0.497 e. The van der Waals surface area contributed by atoms with Crippen molar-refractivity contribution in [1.29, 1.82) is 0 Å². The second-order valence-corrected chi connectivity index (χ2v) is 5.39. The monoisotopic (exact) mass is 267 g/mol. The Morgan fingerprint density at radius 2 is 1.60 bits per heavy atom. The number of nitrogens with one attached hydrogen (secondary N) is 1. The van der Waals surface area contributed by atoms with Gasteiger partial charge in [0.1, 0.15) is 5.75 Å². The Morgan fingerprint density at radius 1 is 0.900 bits per heavy atom. The molecule has 1 aliphatic rings. The zero-order chi connectivity index (χ0) is 13.8. The smallest absolute Gasteiger partial charge is 0.118 e. The van der Waals surface area contributed by atoms with Crippen LogP contribution < -0.4 is 10.1 Å². The first-order valence-corrected chi connectivity index (χ1v) is 7.28. The number of hydrogen-bond acceptors (Lipinski definition) is 2. The number of rotatable bonds is 3. The van der Waals surface area contributed by atoms with Crippen LogP contribution in [0.5, 0.6) is 5.75 Å². The van der Waals surface area contributed by atoms with E-state index in [1.54, 1.807) is 7.11 Å². The van der Waals surface area contributed by atoms with Crippen molar-refractivity contribution in [3.8, 4) is 5.75 Å². The lowest BCUT2D eigenvalue weighted by molar-refractivity contribution is 0.401. The first-order valence-electron chi connectivity index (χ1n) is 7.28. The molecule has 0 saturated carbocycles. The molecule has 20 heavy (non-hydrogen) atoms. The molecule has 0 bridgehead atoms. The Balaban J connectivity index is 1.88. The molecule has 0 unspecified atom stereocenters. The average Bonchev–Trinajstić information content (AvgIpc) is 2.56. The maximum absolute atomic E-state index is 5.26. The molecular formula is C18H21NO. The van der Waals surface area contributed by atoms with Gasteiger partial charge in [-0.2, -0.15) is 0 Å². The van der Waals surface area contributed by atoms with Crippen LogP contribution in [-0.2, 0) is 0 Å². The molecule has 2 heteroatoms. The molecule has 1 saturated heterocycles. The summed E-state index contributed by atoms with van der Waals surface area (Å²) >= 11 is 0. The summed E-state index contributed by atoms with van der Waals surface area (Å²) in [5.41, 5.74) is 2.85. The Hall–Kier alpha value is -1.80. The van der Waals surface area contributed by atoms with Crippen LogP contribution in [0, 0.1) is 0 Å². The highest BCUT2D eigenvalue weighted by Crippen LogP contribution is 2.37. The van der Waals surface area contributed by atoms with Crippen molar-refractivity contribution >= 4 is 0 Å². The molecule has 2 aromatic carbocycles. The molecule has 2 aromatic rings. The third-order valence-electron chi connectivity index (χ3n) is 4.25. The van der Waals surface area contributed by atoms with E-state index >= 15 is 0 Å². The summed E-state index contributed by atoms with van der Waals surface area (Å²) in [6.07, 6.45) is 1.19. The van der Waals surface area contributed by atoms with Crippen LogP contribution in [0.15, 0.2) is 54.6 Å². The first-order chi connectivity index (χ1) is 9.88. The SMILES string of the molecule is COc1ccc([C@@H]2CCNC[C@H]2c2ccccc2)cc1. The molecule has 0 amide bonds. The van der Waals surface area contributed by atoms with Gasteiger partial charge in [-0.15, -0.1) is 0 Å². The predicted molar refractivity (Wildman–Crippen MR) is 82.4 cm³/mol. The van der Waals surface area contributed by atoms with Crippen LogP contribution in [0.3, 0.4) is 0 Å². The van der Waals surface area contributed by atoms with E-state index in [-0.39, 0.29) is 0 Å². The van der Waals surface area contributed by atoms with Gasteiger partial charge < -0.3 is 10.1 Å². The molecule has 1 N–H and O–H groups in total. The lowest BCUT2D eigenvalue weighted by Crippen LogP contribution is -2.33. The van der Waals surface area contributed by atoms with Gasteiger partial charge in [-0.3, -0.25) is 0 Å². The molecule has 0 radical (unpaired) electrons. The fraction of sp³-hybridized carbons (Fsp3) is 0.333. The molecule has 2 atom stereocenters. The largest absolute Gasteiger partial charge is 0.497 e. The maximum Gasteiger partial charge on any atom is 0.118 e. The average molecular weight is 267 g/mol. The molecule has 1 fully saturated rings. The Morgan fingerprint density at radius 3 is 2.30 bits per heavy atom. The quantitative estimate of drug-likeness (QED) is 0.918. The van der Waals surface area contributed by atoms with E-state index in [9.17, 15) is 0 Å². The molecule has 3 rings (SSSR count). The molecule has 104 valence electrons. The zero-order valence-corrected chi connectivity index (χ0v) is 11.9. The van der Waals surface area contributed by atoms with Gasteiger partial charge in [-0.25, -0.2) is 0 Å². The van der Waals surface area contributed by atoms with Gasteiger partial charge in [0.15, 0.2) is 0 Å². The Labute approximate surface area is 120 Å². The zero-order valence-electron chi connectivity index (χ0n) is 11.9. The summed E-state index contributed by atoms with van der Waals surface area (Å²) in [7, 11) is 1.71. The van der Waals surface area contributed by atoms with Gasteiger partial charge in [-0.1, -0.05) is 42.5 Å². The van der Waals surface area contributed by atoms with E-state index < -0.39 is 0 Å². The molecule has 0 aliphatic carbocycles. The molecule has 2 nitrogen and oxygen atoms in total. The molecule has 0 aromatic heterocycles. The summed E-state index contributed by atoms with van der Waals surface area (Å²) in [6, 6.07) is 19.4. The normalized spacial score (nSPS) is 22.4. The fourth-order valence-corrected chi connectivity index (χ4v) is 3.16. The van der Waals surface area contributed by atoms with Crippen molar-refractivity contribution in [1.82, 2.24) is 5.32 Å². The van der Waals surface area contributed by atoms with Gasteiger partial charge in [0.2, 0.25) is 0 Å². The predicted octanol–water partition coefficient (Wildman–Crippen LogP) is 3.56. The van der Waals surface area contributed by atoms with Crippen molar-refractivity contribution in [3.63, 3.8) is 0 Å². The number of ether oxygens (including phenoxy) is 1. The second kappa shape index (κ2) is 6.10. The van der Waals surface area contributed by atoms with Crippen molar-refractivity contribution in [2.75, 3.05) is 20.2 Å². The van der Waals surface area contributed by atoms with Gasteiger partial charge in [0, 0.05) is 12.5 Å². The second-order valence-electron chi connectivity index (χ2n) is 5.39. The van der Waals surface area contributed by atoms with Crippen molar-refractivity contribution in [2.24, 2.45) is 0 Å². The fourth-order valence-electron chi connectivity index (χ4n) is 3.16. The summed E-state index contributed by atoms with van der Waals surface area (Å²) < 4.78 is 5.26. The number of methoxy groups -OCH3 is 1. The van der Waals surface area contributed by atoms with Gasteiger partial charge in [0.25, 0.3) is 0 Å². The van der Waals surface area contributed by atoms with Crippen LogP contribution in [-0.4, -0.2) is 20.2 Å². The highest BCUT2D eigenvalue weighted by Gasteiger charge is 2.27. The molecular weight excluding hydrogens is 246 g/mol. The third kappa shape index (κ3) is 2.70. The third-order valence-corrected chi connectivity index (χ3v) is 4.25. The maximum atomic E-state index is 5.26. The van der Waals surface area contributed by atoms with E-state index in [1.807, 2.05) is 0 Å². The molecule has 1 aliphatic heterocycles. The van der Waals surface area contributed by atoms with Crippen LogP contribution in [0.2, 0.25) is 0 Å². The highest BCUT2D eigenvalue weighted by molar-refractivity contribution is 5.33. The Bertz CT molecular complexity index is 535. The summed E-state index contributed by atoms with van der Waals surface area (Å²) in [5.74, 6) is 2.07. The topological polar surface area (TPSA) is 21.3 Å². The van der Waals surface area contributed by atoms with Gasteiger partial charge in [-0.05, 0) is 42.1 Å². The van der Waals surface area contributed by atoms with Crippen LogP contribution >= 0.6 is 0 Å². The van der Waals surface area contributed by atoms with E-state index in [0.29, 0.717) is 11.8 Å². The molecule has 1 heterocycles. The van der Waals surface area contributed by atoms with Crippen molar-refractivity contribution < 1.29 is 4.74 Å². The highest BCUT2D eigenvalue weighted by atomic mass is 16.5. The lowest BCUT2D eigenvalue weighted by Gasteiger charge is -2.33. The van der Waals surface area contributed by atoms with Crippen LogP contribution in [0.4, 0.5) is 0 Å². The Kier molecular flexibility index (Phi) is 4.03. The standard InChI is InChI=1S/C18H21NO/c1-20-16-9-7-15(8-10-16)17-11-12-19-13-18(17)14-5-3-2-4-6-14/h2-10,17-19H,11-13H2,1H3/t17-,18-/m0/s1. The lowest BCUT2D eigenvalue weighted by atomic mass is 9.77. The van der Waals surface area contributed by atoms with E-state index in [2.05, 4.69) is 59.9 Å². The minimum atomic E-state index is 0.554. The number of piperidine rings is 1. The van der Waals surface area contributed by atoms with Gasteiger partial charge in [0.05, 0.1) is 7.11 Å². The minimum absolute atomic E-state index is 0.554. The molecule has 0 spiro atoms. The first kappa shape index (κ1) is 13.2. The summed E-state index contributed by atoms with van der Waals surface area (Å²) in [4.78, 5) is 0. The van der Waals surface area contributed by atoms with Crippen molar-refractivity contribution in [3.05, 3.63) is 65.7 Å². The van der Waals surface area contributed by atoms with E-state index in [1.165, 1.54) is 17.5 Å². The van der Waals surface area contributed by atoms with Crippen LogP contribution in [0.25, 0.3) is 0 Å². The van der Waals surface area contributed by atoms with E-state index in [0.717, 1.165) is 18.8 Å².